The van der Waals surface area contributed by atoms with Gasteiger partial charge >= 0.3 is 0 Å². The van der Waals surface area contributed by atoms with Gasteiger partial charge in [-0.3, -0.25) is 0 Å². The van der Waals surface area contributed by atoms with Gasteiger partial charge < -0.3 is 19.9 Å². The maximum atomic E-state index is 8.94. The van der Waals surface area contributed by atoms with Gasteiger partial charge in [-0.15, -0.1) is 0 Å². The molecule has 2 aliphatic rings. The predicted octanol–water partition coefficient (Wildman–Crippen LogP) is 0.110. The van der Waals surface area contributed by atoms with E-state index in [1.807, 2.05) is 6.92 Å². The zero-order valence-electron chi connectivity index (χ0n) is 8.66. The van der Waals surface area contributed by atoms with Gasteiger partial charge in [0.05, 0.1) is 13.2 Å². The quantitative estimate of drug-likeness (QED) is 0.680. The van der Waals surface area contributed by atoms with E-state index in [0.29, 0.717) is 12.5 Å². The Kier molecular flexibility index (Phi) is 3.07. The van der Waals surface area contributed by atoms with Gasteiger partial charge in [0.1, 0.15) is 6.10 Å². The van der Waals surface area contributed by atoms with E-state index in [2.05, 4.69) is 5.32 Å². The van der Waals surface area contributed by atoms with Crippen molar-refractivity contribution in [2.24, 2.45) is 5.92 Å². The number of aliphatic hydroxyl groups excluding tert-OH is 1. The average molecular weight is 201 g/mol. The highest BCUT2D eigenvalue weighted by atomic mass is 16.7. The van der Waals surface area contributed by atoms with Crippen molar-refractivity contribution in [1.82, 2.24) is 5.32 Å². The first-order valence-electron chi connectivity index (χ1n) is 5.35. The number of ether oxygens (including phenoxy) is 2. The molecule has 2 heterocycles. The molecular formula is C10H19NO3. The van der Waals surface area contributed by atoms with Gasteiger partial charge in [0.15, 0.2) is 5.79 Å². The Labute approximate surface area is 84.6 Å². The Morgan fingerprint density at radius 2 is 2.43 bits per heavy atom. The highest BCUT2D eigenvalue weighted by molar-refractivity contribution is 4.81. The Balaban J connectivity index is 1.83. The van der Waals surface area contributed by atoms with E-state index in [-0.39, 0.29) is 12.7 Å². The molecular weight excluding hydrogens is 182 g/mol. The second-order valence-corrected chi connectivity index (χ2v) is 4.43. The molecule has 0 aromatic rings. The normalized spacial score (nSPS) is 43.3. The van der Waals surface area contributed by atoms with E-state index in [1.165, 1.54) is 6.42 Å². The number of rotatable bonds is 3. The topological polar surface area (TPSA) is 50.7 Å². The van der Waals surface area contributed by atoms with Crippen molar-refractivity contribution >= 4 is 0 Å². The van der Waals surface area contributed by atoms with Crippen LogP contribution >= 0.6 is 0 Å². The van der Waals surface area contributed by atoms with Crippen LogP contribution in [0.15, 0.2) is 0 Å². The molecule has 0 aromatic heterocycles. The summed E-state index contributed by atoms with van der Waals surface area (Å²) in [6.45, 7) is 4.71. The van der Waals surface area contributed by atoms with E-state index in [4.69, 9.17) is 14.6 Å². The van der Waals surface area contributed by atoms with Gasteiger partial charge in [-0.2, -0.15) is 0 Å². The predicted molar refractivity (Wildman–Crippen MR) is 51.9 cm³/mol. The Hall–Kier alpha value is -0.160. The maximum Gasteiger partial charge on any atom is 0.166 e. The SMILES string of the molecule is CC1(CC2CCNC2)OCC(CO)O1. The van der Waals surface area contributed by atoms with Crippen LogP contribution in [0.2, 0.25) is 0 Å². The molecule has 0 amide bonds. The van der Waals surface area contributed by atoms with Crippen LogP contribution < -0.4 is 5.32 Å². The Morgan fingerprint density at radius 3 is 3.00 bits per heavy atom. The van der Waals surface area contributed by atoms with Crippen molar-refractivity contribution in [2.75, 3.05) is 26.3 Å². The lowest BCUT2D eigenvalue weighted by atomic mass is 9.99. The minimum Gasteiger partial charge on any atom is -0.394 e. The zero-order valence-corrected chi connectivity index (χ0v) is 8.66. The molecule has 2 N–H and O–H groups in total. The summed E-state index contributed by atoms with van der Waals surface area (Å²) in [5.74, 6) is 0.182. The molecule has 82 valence electrons. The summed E-state index contributed by atoms with van der Waals surface area (Å²) in [4.78, 5) is 0. The van der Waals surface area contributed by atoms with Crippen LogP contribution in [0, 0.1) is 5.92 Å². The summed E-state index contributed by atoms with van der Waals surface area (Å²) >= 11 is 0. The lowest BCUT2D eigenvalue weighted by Gasteiger charge is -2.25. The Morgan fingerprint density at radius 1 is 1.57 bits per heavy atom. The molecule has 0 aromatic carbocycles. The molecule has 2 fully saturated rings. The molecule has 0 bridgehead atoms. The fourth-order valence-corrected chi connectivity index (χ4v) is 2.30. The van der Waals surface area contributed by atoms with Gasteiger partial charge in [0.2, 0.25) is 0 Å². The number of hydrogen-bond acceptors (Lipinski definition) is 4. The molecule has 14 heavy (non-hydrogen) atoms. The van der Waals surface area contributed by atoms with E-state index in [9.17, 15) is 0 Å². The molecule has 2 saturated heterocycles. The fraction of sp³-hybridized carbons (Fsp3) is 1.00. The second-order valence-electron chi connectivity index (χ2n) is 4.43. The summed E-state index contributed by atoms with van der Waals surface area (Å²) in [6.07, 6.45) is 2.00. The lowest BCUT2D eigenvalue weighted by molar-refractivity contribution is -0.168. The molecule has 4 nitrogen and oxygen atoms in total. The van der Waals surface area contributed by atoms with Crippen LogP contribution in [0.4, 0.5) is 0 Å². The van der Waals surface area contributed by atoms with Crippen LogP contribution in [-0.4, -0.2) is 43.3 Å². The smallest absolute Gasteiger partial charge is 0.166 e. The van der Waals surface area contributed by atoms with E-state index >= 15 is 0 Å². The highest BCUT2D eigenvalue weighted by Gasteiger charge is 2.39. The minimum atomic E-state index is -0.468. The third-order valence-corrected chi connectivity index (χ3v) is 3.02. The van der Waals surface area contributed by atoms with Gasteiger partial charge in [0, 0.05) is 6.42 Å². The van der Waals surface area contributed by atoms with Gasteiger partial charge in [-0.05, 0) is 32.4 Å². The van der Waals surface area contributed by atoms with Gasteiger partial charge in [0.25, 0.3) is 0 Å². The van der Waals surface area contributed by atoms with Crippen molar-refractivity contribution in [3.63, 3.8) is 0 Å². The van der Waals surface area contributed by atoms with Crippen LogP contribution in [-0.2, 0) is 9.47 Å². The molecule has 0 saturated carbocycles. The molecule has 0 spiro atoms. The molecule has 3 atom stereocenters. The van der Waals surface area contributed by atoms with Crippen molar-refractivity contribution in [2.45, 2.75) is 31.7 Å². The summed E-state index contributed by atoms with van der Waals surface area (Å²) in [5.41, 5.74) is 0. The number of aliphatic hydroxyl groups is 1. The Bertz CT molecular complexity index is 194. The third-order valence-electron chi connectivity index (χ3n) is 3.02. The fourth-order valence-electron chi connectivity index (χ4n) is 2.30. The van der Waals surface area contributed by atoms with Crippen LogP contribution in [0.1, 0.15) is 19.8 Å². The zero-order chi connectivity index (χ0) is 10.0. The molecule has 0 aliphatic carbocycles. The first-order valence-corrected chi connectivity index (χ1v) is 5.35. The van der Waals surface area contributed by atoms with Crippen molar-refractivity contribution in [3.05, 3.63) is 0 Å². The van der Waals surface area contributed by atoms with Crippen LogP contribution in [0.25, 0.3) is 0 Å². The second kappa shape index (κ2) is 4.14. The molecule has 2 rings (SSSR count). The average Bonchev–Trinajstić information content (AvgIpc) is 2.76. The molecule has 4 heteroatoms. The molecule has 0 radical (unpaired) electrons. The first kappa shape index (κ1) is 10.4. The first-order chi connectivity index (χ1) is 6.72. The van der Waals surface area contributed by atoms with E-state index < -0.39 is 5.79 Å². The summed E-state index contributed by atoms with van der Waals surface area (Å²) < 4.78 is 11.3. The van der Waals surface area contributed by atoms with Crippen molar-refractivity contribution in [1.29, 1.82) is 0 Å². The molecule has 3 unspecified atom stereocenters. The summed E-state index contributed by atoms with van der Waals surface area (Å²) in [5, 5.41) is 12.3. The van der Waals surface area contributed by atoms with Crippen molar-refractivity contribution in [3.8, 4) is 0 Å². The number of hydrogen-bond donors (Lipinski definition) is 2. The van der Waals surface area contributed by atoms with Gasteiger partial charge in [-0.1, -0.05) is 0 Å². The summed E-state index contributed by atoms with van der Waals surface area (Å²) in [6, 6.07) is 0. The van der Waals surface area contributed by atoms with E-state index in [0.717, 1.165) is 19.5 Å². The third kappa shape index (κ3) is 2.25. The number of nitrogens with one attached hydrogen (secondary N) is 1. The van der Waals surface area contributed by atoms with Crippen LogP contribution in [0.3, 0.4) is 0 Å². The van der Waals surface area contributed by atoms with Gasteiger partial charge in [-0.25, -0.2) is 0 Å². The van der Waals surface area contributed by atoms with E-state index in [1.54, 1.807) is 0 Å². The van der Waals surface area contributed by atoms with Crippen LogP contribution in [0.5, 0.6) is 0 Å². The minimum absolute atomic E-state index is 0.0541. The van der Waals surface area contributed by atoms with Crippen molar-refractivity contribution < 1.29 is 14.6 Å². The lowest BCUT2D eigenvalue weighted by Crippen LogP contribution is -2.31. The standard InChI is InChI=1S/C10H19NO3/c1-10(4-8-2-3-11-5-8)13-7-9(6-12)14-10/h8-9,11-12H,2-7H2,1H3. The largest absolute Gasteiger partial charge is 0.394 e. The summed E-state index contributed by atoms with van der Waals surface area (Å²) in [7, 11) is 0. The highest BCUT2D eigenvalue weighted by Crippen LogP contribution is 2.31. The maximum absolute atomic E-state index is 8.94. The monoisotopic (exact) mass is 201 g/mol. The molecule has 2 aliphatic heterocycles.